The van der Waals surface area contributed by atoms with Gasteiger partial charge in [-0.1, -0.05) is 63.3 Å². The van der Waals surface area contributed by atoms with Crippen molar-refractivity contribution in [2.45, 2.75) is 77.2 Å². The van der Waals surface area contributed by atoms with E-state index in [0.717, 1.165) is 12.6 Å². The molecule has 0 radical (unpaired) electrons. The molecule has 0 saturated heterocycles. The normalized spacial score (nSPS) is 15.8. The first-order valence-corrected chi connectivity index (χ1v) is 8.69. The van der Waals surface area contributed by atoms with Gasteiger partial charge >= 0.3 is 0 Å². The van der Waals surface area contributed by atoms with Gasteiger partial charge in [0.2, 0.25) is 0 Å². The van der Waals surface area contributed by atoms with Crippen LogP contribution in [0.2, 0.25) is 0 Å². The van der Waals surface area contributed by atoms with Crippen molar-refractivity contribution in [1.29, 1.82) is 0 Å². The Hall–Kier alpha value is -0.820. The van der Waals surface area contributed by atoms with Crippen LogP contribution in [0.5, 0.6) is 0 Å². The fourth-order valence-electron chi connectivity index (χ4n) is 3.18. The molecule has 0 bridgehead atoms. The van der Waals surface area contributed by atoms with Gasteiger partial charge < -0.3 is 5.32 Å². The molecule has 0 atom stereocenters. The Labute approximate surface area is 125 Å². The molecule has 0 spiro atoms. The first-order valence-electron chi connectivity index (χ1n) is 8.69. The molecule has 0 heterocycles. The van der Waals surface area contributed by atoms with Crippen LogP contribution in [0.25, 0.3) is 0 Å². The second kappa shape index (κ2) is 9.18. The van der Waals surface area contributed by atoms with E-state index < -0.39 is 0 Å². The Morgan fingerprint density at radius 3 is 2.20 bits per heavy atom. The first-order chi connectivity index (χ1) is 9.88. The van der Waals surface area contributed by atoms with Gasteiger partial charge in [-0.15, -0.1) is 0 Å². The summed E-state index contributed by atoms with van der Waals surface area (Å²) in [6.45, 7) is 3.41. The molecule has 1 aromatic carbocycles. The third kappa shape index (κ3) is 5.66. The van der Waals surface area contributed by atoms with Gasteiger partial charge in [0, 0.05) is 6.04 Å². The lowest BCUT2D eigenvalue weighted by atomic mass is 10.0. The average Bonchev–Trinajstić information content (AvgIpc) is 2.98. The lowest BCUT2D eigenvalue weighted by molar-refractivity contribution is 0.528. The van der Waals surface area contributed by atoms with Gasteiger partial charge in [0.1, 0.15) is 0 Å². The Balaban J connectivity index is 1.63. The predicted molar refractivity (Wildman–Crippen MR) is 88.3 cm³/mol. The van der Waals surface area contributed by atoms with Crippen LogP contribution in [-0.4, -0.2) is 12.6 Å². The molecule has 1 fully saturated rings. The third-order valence-corrected chi connectivity index (χ3v) is 4.54. The summed E-state index contributed by atoms with van der Waals surface area (Å²) < 4.78 is 0. The van der Waals surface area contributed by atoms with Crippen LogP contribution in [0, 0.1) is 0 Å². The summed E-state index contributed by atoms with van der Waals surface area (Å²) in [5.74, 6) is 0. The molecular formula is C19H31N. The highest BCUT2D eigenvalue weighted by Gasteiger charge is 2.13. The Kier molecular flexibility index (Phi) is 7.14. The Morgan fingerprint density at radius 1 is 0.900 bits per heavy atom. The van der Waals surface area contributed by atoms with Gasteiger partial charge in [0.15, 0.2) is 0 Å². The number of rotatable bonds is 9. The number of hydrogen-bond donors (Lipinski definition) is 1. The number of benzene rings is 1. The van der Waals surface area contributed by atoms with Crippen LogP contribution in [0.3, 0.4) is 0 Å². The van der Waals surface area contributed by atoms with Crippen LogP contribution in [0.1, 0.15) is 69.4 Å². The molecule has 1 nitrogen and oxygen atoms in total. The van der Waals surface area contributed by atoms with Crippen molar-refractivity contribution in [3.05, 3.63) is 35.4 Å². The van der Waals surface area contributed by atoms with Crippen LogP contribution in [0.15, 0.2) is 24.3 Å². The average molecular weight is 273 g/mol. The molecule has 2 rings (SSSR count). The summed E-state index contributed by atoms with van der Waals surface area (Å²) in [5, 5.41) is 3.69. The topological polar surface area (TPSA) is 12.0 Å². The van der Waals surface area contributed by atoms with Gasteiger partial charge in [-0.05, 0) is 49.8 Å². The molecule has 20 heavy (non-hydrogen) atoms. The zero-order valence-corrected chi connectivity index (χ0v) is 13.2. The number of unbranched alkanes of at least 4 members (excludes halogenated alkanes) is 3. The fourth-order valence-corrected chi connectivity index (χ4v) is 3.18. The van der Waals surface area contributed by atoms with E-state index in [1.54, 1.807) is 0 Å². The van der Waals surface area contributed by atoms with E-state index in [0.29, 0.717) is 0 Å². The van der Waals surface area contributed by atoms with Crippen molar-refractivity contribution < 1.29 is 0 Å². The van der Waals surface area contributed by atoms with Gasteiger partial charge in [0.25, 0.3) is 0 Å². The van der Waals surface area contributed by atoms with Gasteiger partial charge in [-0.3, -0.25) is 0 Å². The molecule has 0 unspecified atom stereocenters. The third-order valence-electron chi connectivity index (χ3n) is 4.54. The lowest BCUT2D eigenvalue weighted by Gasteiger charge is -2.11. The number of nitrogens with one attached hydrogen (secondary N) is 1. The summed E-state index contributed by atoms with van der Waals surface area (Å²) in [6, 6.07) is 10.1. The molecule has 0 aromatic heterocycles. The van der Waals surface area contributed by atoms with Gasteiger partial charge in [0.05, 0.1) is 0 Å². The highest BCUT2D eigenvalue weighted by atomic mass is 14.9. The summed E-state index contributed by atoms with van der Waals surface area (Å²) in [6.07, 6.45) is 13.5. The van der Waals surface area contributed by atoms with Crippen LogP contribution < -0.4 is 5.32 Å². The van der Waals surface area contributed by atoms with Crippen molar-refractivity contribution in [1.82, 2.24) is 5.32 Å². The van der Waals surface area contributed by atoms with E-state index >= 15 is 0 Å². The minimum atomic E-state index is 0.799. The molecule has 1 aliphatic rings. The summed E-state index contributed by atoms with van der Waals surface area (Å²) in [7, 11) is 0. The second-order valence-electron chi connectivity index (χ2n) is 6.31. The summed E-state index contributed by atoms with van der Waals surface area (Å²) >= 11 is 0. The Morgan fingerprint density at radius 2 is 1.55 bits per heavy atom. The summed E-state index contributed by atoms with van der Waals surface area (Å²) in [4.78, 5) is 0. The first kappa shape index (κ1) is 15.6. The monoisotopic (exact) mass is 273 g/mol. The number of hydrogen-bond acceptors (Lipinski definition) is 1. The molecule has 1 saturated carbocycles. The molecule has 1 heteroatoms. The minimum absolute atomic E-state index is 0.799. The predicted octanol–water partition coefficient (Wildman–Crippen LogP) is 4.88. The second-order valence-corrected chi connectivity index (χ2v) is 6.31. The van der Waals surface area contributed by atoms with E-state index in [-0.39, 0.29) is 0 Å². The molecule has 0 aliphatic heterocycles. The van der Waals surface area contributed by atoms with E-state index in [4.69, 9.17) is 0 Å². The van der Waals surface area contributed by atoms with Crippen LogP contribution >= 0.6 is 0 Å². The summed E-state index contributed by atoms with van der Waals surface area (Å²) in [5.41, 5.74) is 2.99. The van der Waals surface area contributed by atoms with Gasteiger partial charge in [-0.25, -0.2) is 0 Å². The van der Waals surface area contributed by atoms with Crippen molar-refractivity contribution in [2.75, 3.05) is 6.54 Å². The van der Waals surface area contributed by atoms with Crippen molar-refractivity contribution in [2.24, 2.45) is 0 Å². The Bertz CT molecular complexity index is 349. The quantitative estimate of drug-likeness (QED) is 0.632. The smallest absolute Gasteiger partial charge is 0.00671 e. The van der Waals surface area contributed by atoms with E-state index in [1.165, 1.54) is 75.3 Å². The van der Waals surface area contributed by atoms with E-state index in [2.05, 4.69) is 36.5 Å². The van der Waals surface area contributed by atoms with Crippen molar-refractivity contribution in [3.8, 4) is 0 Å². The standard InChI is InChI=1S/C19H31N/c1-2-3-4-5-8-17-11-13-18(14-12-17)15-16-20-19-9-6-7-10-19/h11-14,19-20H,2-10,15-16H2,1H3. The lowest BCUT2D eigenvalue weighted by Crippen LogP contribution is -2.27. The highest BCUT2D eigenvalue weighted by Crippen LogP contribution is 2.17. The molecule has 0 amide bonds. The van der Waals surface area contributed by atoms with E-state index in [9.17, 15) is 0 Å². The van der Waals surface area contributed by atoms with E-state index in [1.807, 2.05) is 0 Å². The fraction of sp³-hybridized carbons (Fsp3) is 0.684. The van der Waals surface area contributed by atoms with Crippen molar-refractivity contribution >= 4 is 0 Å². The molecule has 1 aliphatic carbocycles. The SMILES string of the molecule is CCCCCCc1ccc(CCNC2CCCC2)cc1. The van der Waals surface area contributed by atoms with Crippen molar-refractivity contribution in [3.63, 3.8) is 0 Å². The molecular weight excluding hydrogens is 242 g/mol. The number of aryl methyl sites for hydroxylation is 1. The minimum Gasteiger partial charge on any atom is -0.314 e. The maximum absolute atomic E-state index is 3.69. The molecule has 1 aromatic rings. The van der Waals surface area contributed by atoms with Gasteiger partial charge in [-0.2, -0.15) is 0 Å². The largest absolute Gasteiger partial charge is 0.314 e. The zero-order chi connectivity index (χ0) is 14.0. The molecule has 112 valence electrons. The maximum Gasteiger partial charge on any atom is 0.00671 e. The highest BCUT2D eigenvalue weighted by molar-refractivity contribution is 5.22. The maximum atomic E-state index is 3.69. The van der Waals surface area contributed by atoms with Crippen LogP contribution in [0.4, 0.5) is 0 Å². The molecule has 1 N–H and O–H groups in total. The van der Waals surface area contributed by atoms with Crippen LogP contribution in [-0.2, 0) is 12.8 Å². The zero-order valence-electron chi connectivity index (χ0n) is 13.2.